The molecule has 3 rings (SSSR count). The van der Waals surface area contributed by atoms with Gasteiger partial charge >= 0.3 is 0 Å². The predicted octanol–water partition coefficient (Wildman–Crippen LogP) is 4.58. The van der Waals surface area contributed by atoms with Crippen molar-refractivity contribution in [3.63, 3.8) is 0 Å². The number of hydrogen-bond acceptors (Lipinski definition) is 3. The minimum atomic E-state index is 0.324. The first-order valence-corrected chi connectivity index (χ1v) is 7.29. The summed E-state index contributed by atoms with van der Waals surface area (Å²) in [6.45, 7) is 4.30. The van der Waals surface area contributed by atoms with E-state index in [0.717, 1.165) is 26.7 Å². The summed E-state index contributed by atoms with van der Waals surface area (Å²) >= 11 is 7.60. The average molecular weight is 292 g/mol. The van der Waals surface area contributed by atoms with Crippen LogP contribution in [0.2, 0.25) is 5.02 Å². The third-order valence-corrected chi connectivity index (χ3v) is 4.16. The molecule has 1 aromatic carbocycles. The number of anilines is 1. The summed E-state index contributed by atoms with van der Waals surface area (Å²) in [6.07, 6.45) is 0. The van der Waals surface area contributed by atoms with E-state index in [4.69, 9.17) is 22.3 Å². The Labute approximate surface area is 120 Å². The second-order valence-electron chi connectivity index (χ2n) is 4.73. The SMILES string of the molecule is CC(C)n1c(-c2ccc(N)s2)nc2cc(Cl)ccc21. The van der Waals surface area contributed by atoms with Gasteiger partial charge < -0.3 is 10.3 Å². The van der Waals surface area contributed by atoms with Crippen molar-refractivity contribution in [1.29, 1.82) is 0 Å². The molecule has 0 aliphatic carbocycles. The summed E-state index contributed by atoms with van der Waals surface area (Å²) < 4.78 is 2.22. The van der Waals surface area contributed by atoms with Crippen LogP contribution >= 0.6 is 22.9 Å². The number of thiophene rings is 1. The predicted molar refractivity (Wildman–Crippen MR) is 82.9 cm³/mol. The topological polar surface area (TPSA) is 43.8 Å². The number of nitrogens with two attached hydrogens (primary N) is 1. The molecule has 3 aromatic rings. The standard InChI is InChI=1S/C14H14ClN3S/c1-8(2)18-11-4-3-9(15)7-10(11)17-14(18)12-5-6-13(16)19-12/h3-8H,16H2,1-2H3. The maximum Gasteiger partial charge on any atom is 0.151 e. The monoisotopic (exact) mass is 291 g/mol. The van der Waals surface area contributed by atoms with Gasteiger partial charge in [-0.1, -0.05) is 11.6 Å². The quantitative estimate of drug-likeness (QED) is 0.751. The van der Waals surface area contributed by atoms with E-state index in [0.29, 0.717) is 11.1 Å². The minimum absolute atomic E-state index is 0.324. The number of imidazole rings is 1. The van der Waals surface area contributed by atoms with Crippen LogP contribution in [0.5, 0.6) is 0 Å². The molecule has 19 heavy (non-hydrogen) atoms. The molecular weight excluding hydrogens is 278 g/mol. The summed E-state index contributed by atoms with van der Waals surface area (Å²) in [5.74, 6) is 0.953. The first-order chi connectivity index (χ1) is 9.06. The van der Waals surface area contributed by atoms with E-state index in [1.165, 1.54) is 0 Å². The van der Waals surface area contributed by atoms with Gasteiger partial charge in [0, 0.05) is 11.1 Å². The lowest BCUT2D eigenvalue weighted by Gasteiger charge is -2.11. The van der Waals surface area contributed by atoms with E-state index in [2.05, 4.69) is 18.4 Å². The van der Waals surface area contributed by atoms with Gasteiger partial charge in [0.15, 0.2) is 5.82 Å². The van der Waals surface area contributed by atoms with Gasteiger partial charge in [-0.25, -0.2) is 4.98 Å². The Kier molecular flexibility index (Phi) is 2.99. The van der Waals surface area contributed by atoms with E-state index in [1.54, 1.807) is 11.3 Å². The normalized spacial score (nSPS) is 11.6. The third kappa shape index (κ3) is 2.11. The summed E-state index contributed by atoms with van der Waals surface area (Å²) in [5, 5.41) is 1.51. The molecule has 3 nitrogen and oxygen atoms in total. The Balaban J connectivity index is 2.31. The van der Waals surface area contributed by atoms with Gasteiger partial charge in [-0.2, -0.15) is 0 Å². The van der Waals surface area contributed by atoms with E-state index in [9.17, 15) is 0 Å². The van der Waals surface area contributed by atoms with Crippen LogP contribution in [0.3, 0.4) is 0 Å². The fourth-order valence-corrected chi connectivity index (χ4v) is 3.17. The van der Waals surface area contributed by atoms with Crippen LogP contribution in [0.25, 0.3) is 21.7 Å². The maximum atomic E-state index is 6.04. The maximum absolute atomic E-state index is 6.04. The molecule has 98 valence electrons. The van der Waals surface area contributed by atoms with Crippen molar-refractivity contribution in [2.75, 3.05) is 5.73 Å². The number of hydrogen-bond donors (Lipinski definition) is 1. The summed E-state index contributed by atoms with van der Waals surface area (Å²) in [6, 6.07) is 10.1. The first kappa shape index (κ1) is 12.5. The first-order valence-electron chi connectivity index (χ1n) is 6.09. The molecule has 0 saturated heterocycles. The van der Waals surface area contributed by atoms with Crippen molar-refractivity contribution in [2.45, 2.75) is 19.9 Å². The molecule has 0 spiro atoms. The highest BCUT2D eigenvalue weighted by Crippen LogP contribution is 2.34. The van der Waals surface area contributed by atoms with E-state index in [1.807, 2.05) is 30.3 Å². The highest BCUT2D eigenvalue weighted by atomic mass is 35.5. The average Bonchev–Trinajstić information content (AvgIpc) is 2.91. The number of fused-ring (bicyclic) bond motifs is 1. The summed E-state index contributed by atoms with van der Waals surface area (Å²) in [4.78, 5) is 5.79. The van der Waals surface area contributed by atoms with Gasteiger partial charge in [0.1, 0.15) is 0 Å². The highest BCUT2D eigenvalue weighted by molar-refractivity contribution is 7.19. The van der Waals surface area contributed by atoms with E-state index in [-0.39, 0.29) is 0 Å². The lowest BCUT2D eigenvalue weighted by atomic mass is 10.3. The van der Waals surface area contributed by atoms with Gasteiger partial charge in [-0.15, -0.1) is 11.3 Å². The number of aromatic nitrogens is 2. The Hall–Kier alpha value is -1.52. The van der Waals surface area contributed by atoms with Gasteiger partial charge in [-0.3, -0.25) is 0 Å². The van der Waals surface area contributed by atoms with Crippen molar-refractivity contribution in [3.8, 4) is 10.7 Å². The Morgan fingerprint density at radius 3 is 2.68 bits per heavy atom. The molecule has 0 unspecified atom stereocenters. The highest BCUT2D eigenvalue weighted by Gasteiger charge is 2.16. The number of nitrogen functional groups attached to an aromatic ring is 1. The van der Waals surface area contributed by atoms with Gasteiger partial charge in [0.25, 0.3) is 0 Å². The number of halogens is 1. The largest absolute Gasteiger partial charge is 0.391 e. The smallest absolute Gasteiger partial charge is 0.151 e. The number of nitrogens with zero attached hydrogens (tertiary/aromatic N) is 2. The lowest BCUT2D eigenvalue weighted by Crippen LogP contribution is -2.02. The van der Waals surface area contributed by atoms with Crippen LogP contribution in [0.4, 0.5) is 5.00 Å². The molecule has 0 amide bonds. The molecule has 0 aliphatic rings. The van der Waals surface area contributed by atoms with Gasteiger partial charge in [-0.05, 0) is 44.2 Å². The zero-order chi connectivity index (χ0) is 13.6. The molecule has 0 atom stereocenters. The minimum Gasteiger partial charge on any atom is -0.391 e. The van der Waals surface area contributed by atoms with Crippen LogP contribution in [0, 0.1) is 0 Å². The summed E-state index contributed by atoms with van der Waals surface area (Å²) in [7, 11) is 0. The van der Waals surface area contributed by atoms with Crippen molar-refractivity contribution in [3.05, 3.63) is 35.4 Å². The van der Waals surface area contributed by atoms with Crippen LogP contribution < -0.4 is 5.73 Å². The Morgan fingerprint density at radius 2 is 2.05 bits per heavy atom. The number of rotatable bonds is 2. The summed E-state index contributed by atoms with van der Waals surface area (Å²) in [5.41, 5.74) is 7.84. The molecule has 0 radical (unpaired) electrons. The van der Waals surface area contributed by atoms with Gasteiger partial charge in [0.05, 0.1) is 20.9 Å². The second-order valence-corrected chi connectivity index (χ2v) is 6.29. The molecule has 2 N–H and O–H groups in total. The molecule has 0 aliphatic heterocycles. The van der Waals surface area contributed by atoms with Crippen molar-refractivity contribution in [1.82, 2.24) is 9.55 Å². The van der Waals surface area contributed by atoms with Crippen molar-refractivity contribution in [2.24, 2.45) is 0 Å². The lowest BCUT2D eigenvalue weighted by molar-refractivity contribution is 0.625. The molecule has 0 fully saturated rings. The number of benzene rings is 1. The molecule has 0 saturated carbocycles. The second kappa shape index (κ2) is 4.54. The van der Waals surface area contributed by atoms with E-state index >= 15 is 0 Å². The zero-order valence-electron chi connectivity index (χ0n) is 10.7. The van der Waals surface area contributed by atoms with Crippen LogP contribution in [-0.4, -0.2) is 9.55 Å². The molecule has 0 bridgehead atoms. The van der Waals surface area contributed by atoms with Crippen molar-refractivity contribution < 1.29 is 0 Å². The van der Waals surface area contributed by atoms with Gasteiger partial charge in [0.2, 0.25) is 0 Å². The fourth-order valence-electron chi connectivity index (χ4n) is 2.24. The Bertz CT molecular complexity index is 742. The zero-order valence-corrected chi connectivity index (χ0v) is 12.3. The van der Waals surface area contributed by atoms with Crippen LogP contribution in [0.15, 0.2) is 30.3 Å². The Morgan fingerprint density at radius 1 is 1.26 bits per heavy atom. The molecule has 2 aromatic heterocycles. The third-order valence-electron chi connectivity index (χ3n) is 3.02. The molecule has 2 heterocycles. The molecular formula is C14H14ClN3S. The van der Waals surface area contributed by atoms with Crippen LogP contribution in [0.1, 0.15) is 19.9 Å². The van der Waals surface area contributed by atoms with E-state index < -0.39 is 0 Å². The van der Waals surface area contributed by atoms with Crippen LogP contribution in [-0.2, 0) is 0 Å². The van der Waals surface area contributed by atoms with Crippen molar-refractivity contribution >= 4 is 39.0 Å². The molecule has 5 heteroatoms. The fraction of sp³-hybridized carbons (Fsp3) is 0.214.